The minimum atomic E-state index is -0.382. The first-order valence-electron chi connectivity index (χ1n) is 10.2. The third-order valence-corrected chi connectivity index (χ3v) is 5.42. The van der Waals surface area contributed by atoms with Gasteiger partial charge < -0.3 is 14.6 Å². The first-order chi connectivity index (χ1) is 14.8. The van der Waals surface area contributed by atoms with Gasteiger partial charge in [0.1, 0.15) is 11.6 Å². The third kappa shape index (κ3) is 6.55. The lowest BCUT2D eigenvalue weighted by atomic mass is 10.2. The van der Waals surface area contributed by atoms with Crippen molar-refractivity contribution in [2.24, 2.45) is 5.92 Å². The van der Waals surface area contributed by atoms with Gasteiger partial charge >= 0.3 is 0 Å². The number of nitrogens with one attached hydrogen (secondary N) is 1. The Morgan fingerprint density at radius 1 is 1.10 bits per heavy atom. The van der Waals surface area contributed by atoms with E-state index in [9.17, 15) is 9.18 Å². The molecule has 8 heteroatoms. The molecule has 6 nitrogen and oxygen atoms in total. The quantitative estimate of drug-likeness (QED) is 0.458. The van der Waals surface area contributed by atoms with Gasteiger partial charge in [-0.25, -0.2) is 4.39 Å². The molecule has 2 aromatic carbocycles. The zero-order chi connectivity index (χ0) is 22.4. The van der Waals surface area contributed by atoms with Crippen LogP contribution in [0.2, 0.25) is 0 Å². The largest absolute Gasteiger partial charge is 0.483 e. The number of nitrogens with zero attached hydrogens (tertiary/aromatic N) is 3. The van der Waals surface area contributed by atoms with Gasteiger partial charge in [-0.1, -0.05) is 43.3 Å². The molecule has 1 aromatic heterocycles. The van der Waals surface area contributed by atoms with Gasteiger partial charge in [0.15, 0.2) is 17.1 Å². The van der Waals surface area contributed by atoms with Crippen molar-refractivity contribution in [3.63, 3.8) is 0 Å². The van der Waals surface area contributed by atoms with Crippen molar-refractivity contribution in [3.8, 4) is 5.75 Å². The SMILES string of the molecule is Cc1ccc(NC(=O)CSc2nnc(C(C)Oc3ccc(F)cc3)n2CC(C)C)cc1. The van der Waals surface area contributed by atoms with E-state index in [1.54, 1.807) is 12.1 Å². The van der Waals surface area contributed by atoms with Crippen LogP contribution < -0.4 is 10.1 Å². The number of ether oxygens (including phenoxy) is 1. The summed E-state index contributed by atoms with van der Waals surface area (Å²) in [6.45, 7) is 8.78. The highest BCUT2D eigenvalue weighted by Crippen LogP contribution is 2.26. The highest BCUT2D eigenvalue weighted by Gasteiger charge is 2.21. The van der Waals surface area contributed by atoms with Crippen molar-refractivity contribution in [1.82, 2.24) is 14.8 Å². The van der Waals surface area contributed by atoms with E-state index in [-0.39, 0.29) is 23.6 Å². The summed E-state index contributed by atoms with van der Waals surface area (Å²) in [7, 11) is 0. The van der Waals surface area contributed by atoms with E-state index in [1.807, 2.05) is 42.7 Å². The molecule has 0 fully saturated rings. The Hall–Kier alpha value is -2.87. The Balaban J connectivity index is 1.68. The molecule has 1 amide bonds. The van der Waals surface area contributed by atoms with Gasteiger partial charge in [0.05, 0.1) is 5.75 Å². The van der Waals surface area contributed by atoms with E-state index in [0.717, 1.165) is 11.3 Å². The first kappa shape index (κ1) is 22.8. The average Bonchev–Trinajstić information content (AvgIpc) is 3.12. The molecule has 0 saturated carbocycles. The molecule has 3 rings (SSSR count). The van der Waals surface area contributed by atoms with Crippen molar-refractivity contribution in [1.29, 1.82) is 0 Å². The zero-order valence-electron chi connectivity index (χ0n) is 18.1. The Bertz CT molecular complexity index is 1000. The van der Waals surface area contributed by atoms with Crippen LogP contribution in [0.15, 0.2) is 53.7 Å². The lowest BCUT2D eigenvalue weighted by Gasteiger charge is -2.17. The van der Waals surface area contributed by atoms with Gasteiger partial charge in [0, 0.05) is 12.2 Å². The number of aryl methyl sites for hydroxylation is 1. The molecule has 0 spiro atoms. The number of carbonyl (C=O) groups excluding carboxylic acids is 1. The number of rotatable bonds is 9. The van der Waals surface area contributed by atoms with Crippen LogP contribution >= 0.6 is 11.8 Å². The maximum absolute atomic E-state index is 13.1. The number of carbonyl (C=O) groups is 1. The molecule has 31 heavy (non-hydrogen) atoms. The first-order valence-corrected chi connectivity index (χ1v) is 11.1. The van der Waals surface area contributed by atoms with E-state index >= 15 is 0 Å². The van der Waals surface area contributed by atoms with Crippen LogP contribution in [0, 0.1) is 18.7 Å². The number of halogens is 1. The molecule has 0 aliphatic carbocycles. The second-order valence-electron chi connectivity index (χ2n) is 7.76. The zero-order valence-corrected chi connectivity index (χ0v) is 18.9. The molecule has 1 N–H and O–H groups in total. The molecule has 0 saturated heterocycles. The third-order valence-electron chi connectivity index (χ3n) is 4.45. The van der Waals surface area contributed by atoms with E-state index < -0.39 is 0 Å². The molecule has 0 bridgehead atoms. The topological polar surface area (TPSA) is 69.0 Å². The molecule has 1 heterocycles. The van der Waals surface area contributed by atoms with E-state index in [4.69, 9.17) is 4.74 Å². The van der Waals surface area contributed by atoms with Gasteiger partial charge in [-0.3, -0.25) is 4.79 Å². The smallest absolute Gasteiger partial charge is 0.234 e. The molecule has 0 radical (unpaired) electrons. The van der Waals surface area contributed by atoms with E-state index in [0.29, 0.717) is 29.2 Å². The summed E-state index contributed by atoms with van der Waals surface area (Å²) >= 11 is 1.34. The molecular formula is C23H27FN4O2S. The number of benzene rings is 2. The Morgan fingerprint density at radius 2 is 1.77 bits per heavy atom. The van der Waals surface area contributed by atoms with Crippen LogP contribution in [0.5, 0.6) is 5.75 Å². The summed E-state index contributed by atoms with van der Waals surface area (Å²) in [4.78, 5) is 12.4. The highest BCUT2D eigenvalue weighted by molar-refractivity contribution is 7.99. The van der Waals surface area contributed by atoms with Crippen molar-refractivity contribution < 1.29 is 13.9 Å². The van der Waals surface area contributed by atoms with Crippen molar-refractivity contribution in [2.75, 3.05) is 11.1 Å². The van der Waals surface area contributed by atoms with Crippen LogP contribution in [0.1, 0.15) is 38.3 Å². The van der Waals surface area contributed by atoms with Crippen LogP contribution in [0.25, 0.3) is 0 Å². The fraction of sp³-hybridized carbons (Fsp3) is 0.348. The lowest BCUT2D eigenvalue weighted by molar-refractivity contribution is -0.113. The van der Waals surface area contributed by atoms with Gasteiger partial charge in [0.25, 0.3) is 0 Å². The normalized spacial score (nSPS) is 12.1. The van der Waals surface area contributed by atoms with E-state index in [1.165, 1.54) is 23.9 Å². The van der Waals surface area contributed by atoms with Crippen molar-refractivity contribution in [2.45, 2.75) is 45.5 Å². The van der Waals surface area contributed by atoms with Crippen molar-refractivity contribution >= 4 is 23.4 Å². The van der Waals surface area contributed by atoms with Gasteiger partial charge in [-0.05, 0) is 56.2 Å². The minimum Gasteiger partial charge on any atom is -0.483 e. The molecule has 1 unspecified atom stereocenters. The molecule has 0 aliphatic rings. The van der Waals surface area contributed by atoms with Crippen LogP contribution in [0.4, 0.5) is 10.1 Å². The molecule has 3 aromatic rings. The fourth-order valence-corrected chi connectivity index (χ4v) is 3.73. The minimum absolute atomic E-state index is 0.106. The maximum atomic E-state index is 13.1. The van der Waals surface area contributed by atoms with E-state index in [2.05, 4.69) is 29.4 Å². The van der Waals surface area contributed by atoms with Crippen molar-refractivity contribution in [3.05, 3.63) is 65.7 Å². The fourth-order valence-electron chi connectivity index (χ4n) is 2.98. The number of aromatic nitrogens is 3. The number of hydrogen-bond acceptors (Lipinski definition) is 5. The molecule has 164 valence electrons. The highest BCUT2D eigenvalue weighted by atomic mass is 32.2. The van der Waals surface area contributed by atoms with Crippen LogP contribution in [-0.2, 0) is 11.3 Å². The average molecular weight is 443 g/mol. The predicted molar refractivity (Wildman–Crippen MR) is 121 cm³/mol. The second kappa shape index (κ2) is 10.4. The molecule has 1 atom stereocenters. The Kier molecular flexibility index (Phi) is 7.68. The van der Waals surface area contributed by atoms with Gasteiger partial charge in [-0.2, -0.15) is 0 Å². The summed E-state index contributed by atoms with van der Waals surface area (Å²) in [5.74, 6) is 1.38. The Morgan fingerprint density at radius 3 is 2.42 bits per heavy atom. The monoisotopic (exact) mass is 442 g/mol. The number of hydrogen-bond donors (Lipinski definition) is 1. The predicted octanol–water partition coefficient (Wildman–Crippen LogP) is 5.25. The lowest BCUT2D eigenvalue weighted by Crippen LogP contribution is -2.17. The van der Waals surface area contributed by atoms with Gasteiger partial charge in [-0.15, -0.1) is 10.2 Å². The summed E-state index contributed by atoms with van der Waals surface area (Å²) < 4.78 is 21.1. The van der Waals surface area contributed by atoms with Crippen LogP contribution in [0.3, 0.4) is 0 Å². The number of thioether (sulfide) groups is 1. The second-order valence-corrected chi connectivity index (χ2v) is 8.70. The Labute approximate surface area is 186 Å². The van der Waals surface area contributed by atoms with Crippen LogP contribution in [-0.4, -0.2) is 26.4 Å². The molecule has 0 aliphatic heterocycles. The summed E-state index contributed by atoms with van der Waals surface area (Å²) in [6.07, 6.45) is -0.382. The summed E-state index contributed by atoms with van der Waals surface area (Å²) in [5, 5.41) is 12.2. The summed E-state index contributed by atoms with van der Waals surface area (Å²) in [6, 6.07) is 13.6. The van der Waals surface area contributed by atoms with Gasteiger partial charge in [0.2, 0.25) is 5.91 Å². The number of amides is 1. The summed E-state index contributed by atoms with van der Waals surface area (Å²) in [5.41, 5.74) is 1.90. The standard InChI is InChI=1S/C23H27FN4O2S/c1-15(2)13-28-22(17(4)30-20-11-7-18(24)8-12-20)26-27-23(28)31-14-21(29)25-19-9-5-16(3)6-10-19/h5-12,15,17H,13-14H2,1-4H3,(H,25,29). The molecular weight excluding hydrogens is 415 g/mol. The number of anilines is 1. The maximum Gasteiger partial charge on any atom is 0.234 e.